The molecule has 0 aromatic heterocycles. The molecule has 0 aromatic rings. The van der Waals surface area contributed by atoms with E-state index in [1.165, 1.54) is 0 Å². The zero-order valence-corrected chi connectivity index (χ0v) is 6.58. The maximum atomic E-state index is 12.0. The quantitative estimate of drug-likeness (QED) is 0.569. The summed E-state index contributed by atoms with van der Waals surface area (Å²) in [6.45, 7) is 3.83. The maximum absolute atomic E-state index is 12.0. The van der Waals surface area contributed by atoms with Crippen LogP contribution in [0.5, 0.6) is 0 Å². The molecule has 0 spiro atoms. The molecular weight excluding hydrogens is 134 g/mol. The summed E-state index contributed by atoms with van der Waals surface area (Å²) < 4.78 is 23.9. The van der Waals surface area contributed by atoms with E-state index >= 15 is 0 Å². The Balaban J connectivity index is 3.86. The molecule has 60 valence electrons. The predicted octanol–water partition coefficient (Wildman–Crippen LogP) is 3.74. The minimum atomic E-state index is -1.47. The first kappa shape index (κ1) is 9.60. The molecule has 0 nitrogen and oxygen atoms in total. The fraction of sp³-hybridized carbons (Fsp3) is 0.750. The lowest BCUT2D eigenvalue weighted by Gasteiger charge is -2.00. The third-order valence-electron chi connectivity index (χ3n) is 1.37. The van der Waals surface area contributed by atoms with E-state index in [1.54, 1.807) is 0 Å². The van der Waals surface area contributed by atoms with Crippen molar-refractivity contribution in [2.24, 2.45) is 0 Å². The number of hydrogen-bond donors (Lipinski definition) is 0. The summed E-state index contributed by atoms with van der Waals surface area (Å²) in [4.78, 5) is 0. The first-order chi connectivity index (χ1) is 4.72. The molecule has 0 aliphatic heterocycles. The highest BCUT2D eigenvalue weighted by atomic mass is 19.3. The van der Waals surface area contributed by atoms with Crippen LogP contribution >= 0.6 is 0 Å². The van der Waals surface area contributed by atoms with Gasteiger partial charge in [-0.2, -0.15) is 8.78 Å². The van der Waals surface area contributed by atoms with Gasteiger partial charge in [0, 0.05) is 0 Å². The lowest BCUT2D eigenvalue weighted by molar-refractivity contribution is 0.402. The van der Waals surface area contributed by atoms with E-state index < -0.39 is 6.08 Å². The predicted molar refractivity (Wildman–Crippen MR) is 39.1 cm³/mol. The molecule has 0 unspecified atom stereocenters. The summed E-state index contributed by atoms with van der Waals surface area (Å²) in [5.41, 5.74) is 0.338. The Morgan fingerprint density at radius 1 is 1.00 bits per heavy atom. The van der Waals surface area contributed by atoms with Crippen molar-refractivity contribution in [1.29, 1.82) is 0 Å². The molecule has 0 aliphatic carbocycles. The first-order valence-corrected chi connectivity index (χ1v) is 3.75. The molecule has 0 heterocycles. The van der Waals surface area contributed by atoms with E-state index in [0.29, 0.717) is 18.4 Å². The molecule has 0 saturated carbocycles. The van der Waals surface area contributed by atoms with Crippen LogP contribution in [0.3, 0.4) is 0 Å². The summed E-state index contributed by atoms with van der Waals surface area (Å²) >= 11 is 0. The van der Waals surface area contributed by atoms with Gasteiger partial charge in [-0.1, -0.05) is 26.7 Å². The fourth-order valence-corrected chi connectivity index (χ4v) is 0.918. The lowest BCUT2D eigenvalue weighted by atomic mass is 10.1. The largest absolute Gasteiger partial charge is 0.269 e. The van der Waals surface area contributed by atoms with Gasteiger partial charge in [0.15, 0.2) is 0 Å². The van der Waals surface area contributed by atoms with E-state index in [-0.39, 0.29) is 0 Å². The molecule has 0 atom stereocenters. The molecule has 0 saturated heterocycles. The third kappa shape index (κ3) is 3.59. The van der Waals surface area contributed by atoms with Crippen molar-refractivity contribution in [3.8, 4) is 0 Å². The van der Waals surface area contributed by atoms with Crippen molar-refractivity contribution in [3.63, 3.8) is 0 Å². The molecular formula is C8H14F2. The number of rotatable bonds is 4. The highest BCUT2D eigenvalue weighted by Gasteiger charge is 2.02. The van der Waals surface area contributed by atoms with Crippen LogP contribution < -0.4 is 0 Å². The van der Waals surface area contributed by atoms with Gasteiger partial charge in [0.2, 0.25) is 0 Å². The van der Waals surface area contributed by atoms with Gasteiger partial charge >= 0.3 is 0 Å². The highest BCUT2D eigenvalue weighted by Crippen LogP contribution is 2.18. The van der Waals surface area contributed by atoms with E-state index in [2.05, 4.69) is 0 Å². The van der Waals surface area contributed by atoms with E-state index in [9.17, 15) is 8.78 Å². The summed E-state index contributed by atoms with van der Waals surface area (Å²) in [6, 6.07) is 0. The van der Waals surface area contributed by atoms with Gasteiger partial charge in [-0.25, -0.2) is 0 Å². The number of allylic oxidation sites excluding steroid dienone is 1. The van der Waals surface area contributed by atoms with Crippen molar-refractivity contribution < 1.29 is 8.78 Å². The van der Waals surface area contributed by atoms with Crippen LogP contribution in [-0.2, 0) is 0 Å². The molecule has 0 fully saturated rings. The van der Waals surface area contributed by atoms with Gasteiger partial charge in [0.1, 0.15) is 0 Å². The van der Waals surface area contributed by atoms with E-state index in [4.69, 9.17) is 0 Å². The maximum Gasteiger partial charge on any atom is 0.269 e. The van der Waals surface area contributed by atoms with Crippen LogP contribution in [0.4, 0.5) is 8.78 Å². The lowest BCUT2D eigenvalue weighted by Crippen LogP contribution is -1.83. The van der Waals surface area contributed by atoms with E-state index in [0.717, 1.165) is 12.8 Å². The summed E-state index contributed by atoms with van der Waals surface area (Å²) in [7, 11) is 0. The second-order valence-electron chi connectivity index (χ2n) is 2.36. The second kappa shape index (κ2) is 5.39. The number of halogens is 2. The van der Waals surface area contributed by atoms with Crippen molar-refractivity contribution in [2.45, 2.75) is 39.5 Å². The molecule has 0 rings (SSSR count). The van der Waals surface area contributed by atoms with Crippen molar-refractivity contribution >= 4 is 0 Å². The first-order valence-electron chi connectivity index (χ1n) is 3.75. The van der Waals surface area contributed by atoms with Crippen molar-refractivity contribution in [2.75, 3.05) is 0 Å². The standard InChI is InChI=1S/C8H14F2/c1-3-5-7(6-4-2)8(9)10/h3-6H2,1-2H3. The SMILES string of the molecule is CCCC(CCC)=C(F)F. The smallest absolute Gasteiger partial charge is 0.173 e. The zero-order valence-electron chi connectivity index (χ0n) is 6.58. The molecule has 0 aliphatic rings. The summed E-state index contributed by atoms with van der Waals surface area (Å²) in [5, 5.41) is 0. The Morgan fingerprint density at radius 3 is 1.60 bits per heavy atom. The minimum absolute atomic E-state index is 0.338. The highest BCUT2D eigenvalue weighted by molar-refractivity contribution is 5.01. The third-order valence-corrected chi connectivity index (χ3v) is 1.37. The van der Waals surface area contributed by atoms with Crippen LogP contribution in [-0.4, -0.2) is 0 Å². The molecule has 10 heavy (non-hydrogen) atoms. The monoisotopic (exact) mass is 148 g/mol. The molecule has 0 N–H and O–H groups in total. The second-order valence-corrected chi connectivity index (χ2v) is 2.36. The summed E-state index contributed by atoms with van der Waals surface area (Å²) in [6.07, 6.45) is 1.26. The Hall–Kier alpha value is -0.400. The molecule has 0 bridgehead atoms. The van der Waals surface area contributed by atoms with Gasteiger partial charge in [0.25, 0.3) is 6.08 Å². The van der Waals surface area contributed by atoms with Gasteiger partial charge in [0.05, 0.1) is 0 Å². The van der Waals surface area contributed by atoms with Gasteiger partial charge < -0.3 is 0 Å². The fourth-order valence-electron chi connectivity index (χ4n) is 0.918. The number of hydrogen-bond acceptors (Lipinski definition) is 0. The van der Waals surface area contributed by atoms with Crippen LogP contribution in [0.15, 0.2) is 11.7 Å². The van der Waals surface area contributed by atoms with Gasteiger partial charge in [-0.05, 0) is 18.4 Å². The Morgan fingerprint density at radius 2 is 1.40 bits per heavy atom. The van der Waals surface area contributed by atoms with Crippen molar-refractivity contribution in [1.82, 2.24) is 0 Å². The van der Waals surface area contributed by atoms with Crippen LogP contribution in [0.1, 0.15) is 39.5 Å². The molecule has 2 heteroatoms. The normalized spacial score (nSPS) is 9.60. The molecule has 0 amide bonds. The van der Waals surface area contributed by atoms with Crippen molar-refractivity contribution in [3.05, 3.63) is 11.7 Å². The summed E-state index contributed by atoms with van der Waals surface area (Å²) in [5.74, 6) is 0. The van der Waals surface area contributed by atoms with Gasteiger partial charge in [-0.15, -0.1) is 0 Å². The molecule has 0 radical (unpaired) electrons. The van der Waals surface area contributed by atoms with Gasteiger partial charge in [-0.3, -0.25) is 0 Å². The molecule has 0 aromatic carbocycles. The Labute approximate surface area is 60.9 Å². The van der Waals surface area contributed by atoms with E-state index in [1.807, 2.05) is 13.8 Å². The minimum Gasteiger partial charge on any atom is -0.173 e. The zero-order chi connectivity index (χ0) is 7.98. The topological polar surface area (TPSA) is 0 Å². The Bertz CT molecular complexity index is 104. The average molecular weight is 148 g/mol. The average Bonchev–Trinajstić information content (AvgIpc) is 1.87. The Kier molecular flexibility index (Phi) is 5.17. The van der Waals surface area contributed by atoms with Crippen LogP contribution in [0, 0.1) is 0 Å². The van der Waals surface area contributed by atoms with Crippen LogP contribution in [0.2, 0.25) is 0 Å². The van der Waals surface area contributed by atoms with Crippen LogP contribution in [0.25, 0.3) is 0 Å².